The molecule has 0 saturated heterocycles. The van der Waals surface area contributed by atoms with Gasteiger partial charge < -0.3 is 4.42 Å². The molecule has 0 aliphatic carbocycles. The van der Waals surface area contributed by atoms with E-state index in [1.54, 1.807) is 5.19 Å². The molecule has 1 radical (unpaired) electrons. The highest BCUT2D eigenvalue weighted by Gasteiger charge is 2.33. The Morgan fingerprint density at radius 3 is 2.34 bits per heavy atom. The van der Waals surface area contributed by atoms with Gasteiger partial charge in [-0.05, 0) is 82.5 Å². The van der Waals surface area contributed by atoms with Crippen LogP contribution in [-0.4, -0.2) is 8.80 Å². The van der Waals surface area contributed by atoms with E-state index in [9.17, 15) is 0 Å². The predicted molar refractivity (Wildman–Crippen MR) is 148 cm³/mol. The average Bonchev–Trinajstić information content (AvgIpc) is 3.37. The Balaban J connectivity index is 1.64. The van der Waals surface area contributed by atoms with Gasteiger partial charge in [-0.1, -0.05) is 49.0 Å². The van der Waals surface area contributed by atoms with Gasteiger partial charge in [0.2, 0.25) is 5.69 Å². The van der Waals surface area contributed by atoms with Crippen LogP contribution in [0.1, 0.15) is 16.7 Å². The molecule has 169 valence electrons. The monoisotopic (exact) mass is 469 g/mol. The molecule has 1 aliphatic rings. The number of aryl methyl sites for hydroxylation is 3. The van der Waals surface area contributed by atoms with Crippen molar-refractivity contribution >= 4 is 51.9 Å². The van der Waals surface area contributed by atoms with Gasteiger partial charge in [-0.2, -0.15) is 0 Å². The summed E-state index contributed by atoms with van der Waals surface area (Å²) >= 11 is 0. The number of hydrogen-bond donors (Lipinski definition) is 0. The number of nitrogens with zero attached hydrogens (tertiary/aromatic N) is 1. The third-order valence-corrected chi connectivity index (χ3v) is 10.6. The molecule has 35 heavy (non-hydrogen) atoms. The zero-order valence-corrected chi connectivity index (χ0v) is 21.8. The van der Waals surface area contributed by atoms with E-state index in [4.69, 9.17) is 4.42 Å². The summed E-state index contributed by atoms with van der Waals surface area (Å²) in [5.74, 6) is 0. The van der Waals surface area contributed by atoms with E-state index in [0.717, 1.165) is 11.2 Å². The highest BCUT2D eigenvalue weighted by atomic mass is 28.3. The van der Waals surface area contributed by atoms with Crippen molar-refractivity contribution in [3.05, 3.63) is 89.6 Å². The van der Waals surface area contributed by atoms with Gasteiger partial charge in [0.05, 0.1) is 10.9 Å². The molecule has 4 aromatic carbocycles. The van der Waals surface area contributed by atoms with Crippen LogP contribution in [0.5, 0.6) is 0 Å². The van der Waals surface area contributed by atoms with Crippen molar-refractivity contribution in [2.75, 3.05) is 0 Å². The standard InChI is InChI=1S/C32H27NOSi/c1-18-16-25-21-10-6-8-12-26(21)34-31(25)29(20(18)3)30-24-17-19(2)28-23-11-7-9-13-27(23)35(5)32(28)22(24)14-15-33(30)4/h6-17H,1-5H3/q+1. The van der Waals surface area contributed by atoms with E-state index in [-0.39, 0.29) is 0 Å². The summed E-state index contributed by atoms with van der Waals surface area (Å²) in [5.41, 5.74) is 11.2. The first-order valence-corrected chi connectivity index (χ1v) is 14.3. The van der Waals surface area contributed by atoms with Crippen LogP contribution in [0.3, 0.4) is 0 Å². The van der Waals surface area contributed by atoms with Crippen LogP contribution >= 0.6 is 0 Å². The molecule has 6 aromatic rings. The first-order chi connectivity index (χ1) is 17.0. The Kier molecular flexibility index (Phi) is 4.22. The summed E-state index contributed by atoms with van der Waals surface area (Å²) in [6.07, 6.45) is 2.24. The molecule has 3 heteroatoms. The Morgan fingerprint density at radius 1 is 0.743 bits per heavy atom. The van der Waals surface area contributed by atoms with E-state index in [1.165, 1.54) is 65.8 Å². The van der Waals surface area contributed by atoms with Crippen molar-refractivity contribution in [3.8, 4) is 22.4 Å². The first kappa shape index (κ1) is 20.7. The Labute approximate surface area is 207 Å². The number of aromatic nitrogens is 1. The van der Waals surface area contributed by atoms with Gasteiger partial charge in [0.25, 0.3) is 0 Å². The molecule has 0 fully saturated rings. The summed E-state index contributed by atoms with van der Waals surface area (Å²) in [5, 5.41) is 8.17. The van der Waals surface area contributed by atoms with Gasteiger partial charge >= 0.3 is 0 Å². The molecule has 2 nitrogen and oxygen atoms in total. The molecular formula is C32H27NOSi+. The fraction of sp³-hybridized carbons (Fsp3) is 0.156. The number of rotatable bonds is 1. The zero-order valence-electron chi connectivity index (χ0n) is 20.8. The second-order valence-corrected chi connectivity index (χ2v) is 12.3. The lowest BCUT2D eigenvalue weighted by molar-refractivity contribution is -0.659. The lowest BCUT2D eigenvalue weighted by Gasteiger charge is -2.15. The summed E-state index contributed by atoms with van der Waals surface area (Å²) in [6, 6.07) is 24.4. The summed E-state index contributed by atoms with van der Waals surface area (Å²) < 4.78 is 8.85. The second-order valence-electron chi connectivity index (χ2n) is 10.0. The summed E-state index contributed by atoms with van der Waals surface area (Å²) in [7, 11) is 1.33. The molecule has 3 heterocycles. The number of para-hydroxylation sites is 1. The SMILES string of the molecule is Cc1cc2c(oc3ccccc32)c(-c2c3cc(C)c4c(c3cc[n+]2C)[Si](C)c2ccccc2-4)c1C. The lowest BCUT2D eigenvalue weighted by Crippen LogP contribution is -2.36. The number of furan rings is 1. The molecule has 2 aromatic heterocycles. The van der Waals surface area contributed by atoms with Crippen LogP contribution in [0, 0.1) is 20.8 Å². The number of fused-ring (bicyclic) bond motifs is 8. The molecular weight excluding hydrogens is 442 g/mol. The van der Waals surface area contributed by atoms with Crippen LogP contribution in [0.2, 0.25) is 6.55 Å². The van der Waals surface area contributed by atoms with Gasteiger partial charge in [-0.3, -0.25) is 0 Å². The van der Waals surface area contributed by atoms with Gasteiger partial charge in [-0.25, -0.2) is 4.57 Å². The molecule has 0 spiro atoms. The van der Waals surface area contributed by atoms with E-state index in [2.05, 4.69) is 112 Å². The maximum atomic E-state index is 6.57. The second kappa shape index (κ2) is 7.16. The van der Waals surface area contributed by atoms with Crippen LogP contribution in [0.15, 0.2) is 77.3 Å². The molecule has 0 N–H and O–H groups in total. The maximum Gasteiger partial charge on any atom is 0.224 e. The quantitative estimate of drug-likeness (QED) is 0.202. The van der Waals surface area contributed by atoms with Crippen molar-refractivity contribution in [2.24, 2.45) is 7.05 Å². The molecule has 0 atom stereocenters. The van der Waals surface area contributed by atoms with Crippen molar-refractivity contribution < 1.29 is 8.98 Å². The molecule has 0 bridgehead atoms. The molecule has 0 amide bonds. The topological polar surface area (TPSA) is 17.0 Å². The minimum absolute atomic E-state index is 0.841. The fourth-order valence-electron chi connectivity index (χ4n) is 6.24. The molecule has 0 unspecified atom stereocenters. The van der Waals surface area contributed by atoms with Crippen LogP contribution < -0.4 is 14.9 Å². The minimum atomic E-state index is -0.841. The molecule has 7 rings (SSSR count). The predicted octanol–water partition coefficient (Wildman–Crippen LogP) is 6.38. The summed E-state index contributed by atoms with van der Waals surface area (Å²) in [4.78, 5) is 0. The molecule has 1 aliphatic heterocycles. The van der Waals surface area contributed by atoms with E-state index in [1.807, 2.05) is 0 Å². The zero-order chi connectivity index (χ0) is 24.0. The number of benzene rings is 4. The third-order valence-electron chi connectivity index (χ3n) is 8.04. The number of hydrogen-bond acceptors (Lipinski definition) is 1. The highest BCUT2D eigenvalue weighted by molar-refractivity contribution is 6.90. The largest absolute Gasteiger partial charge is 0.455 e. The van der Waals surface area contributed by atoms with Crippen molar-refractivity contribution in [1.29, 1.82) is 0 Å². The van der Waals surface area contributed by atoms with E-state index in [0.29, 0.717) is 0 Å². The van der Waals surface area contributed by atoms with Crippen LogP contribution in [0.4, 0.5) is 0 Å². The summed E-state index contributed by atoms with van der Waals surface area (Å²) in [6.45, 7) is 9.20. The van der Waals surface area contributed by atoms with Crippen LogP contribution in [-0.2, 0) is 7.05 Å². The van der Waals surface area contributed by atoms with Gasteiger partial charge in [-0.15, -0.1) is 0 Å². The fourth-order valence-corrected chi connectivity index (χ4v) is 8.79. The van der Waals surface area contributed by atoms with Crippen molar-refractivity contribution in [1.82, 2.24) is 0 Å². The van der Waals surface area contributed by atoms with Gasteiger partial charge in [0.1, 0.15) is 27.0 Å². The first-order valence-electron chi connectivity index (χ1n) is 12.3. The Hall–Kier alpha value is -3.69. The molecule has 0 saturated carbocycles. The minimum Gasteiger partial charge on any atom is -0.455 e. The van der Waals surface area contributed by atoms with E-state index >= 15 is 0 Å². The highest BCUT2D eigenvalue weighted by Crippen LogP contribution is 2.41. The Bertz CT molecular complexity index is 1860. The Morgan fingerprint density at radius 2 is 1.49 bits per heavy atom. The van der Waals surface area contributed by atoms with E-state index < -0.39 is 8.80 Å². The van der Waals surface area contributed by atoms with Crippen LogP contribution in [0.25, 0.3) is 55.1 Å². The normalized spacial score (nSPS) is 13.2. The lowest BCUT2D eigenvalue weighted by atomic mass is 9.91. The maximum absolute atomic E-state index is 6.57. The average molecular weight is 470 g/mol. The smallest absolute Gasteiger partial charge is 0.224 e. The number of pyridine rings is 1. The van der Waals surface area contributed by atoms with Gasteiger partial charge in [0.15, 0.2) is 6.20 Å². The van der Waals surface area contributed by atoms with Crippen molar-refractivity contribution in [2.45, 2.75) is 27.3 Å². The van der Waals surface area contributed by atoms with Crippen molar-refractivity contribution in [3.63, 3.8) is 0 Å². The van der Waals surface area contributed by atoms with Gasteiger partial charge in [0, 0.05) is 16.8 Å². The third kappa shape index (κ3) is 2.67.